The fourth-order valence-corrected chi connectivity index (χ4v) is 5.75. The Labute approximate surface area is 248 Å². The number of fused-ring (bicyclic) bond motifs is 1. The number of carbonyl (C=O) groups is 1. The van der Waals surface area contributed by atoms with E-state index in [9.17, 15) is 23.1 Å². The number of halogens is 3. The van der Waals surface area contributed by atoms with Gasteiger partial charge in [0.25, 0.3) is 5.91 Å². The van der Waals surface area contributed by atoms with Gasteiger partial charge in [-0.1, -0.05) is 12.1 Å². The number of hydrogen-bond donors (Lipinski definition) is 1. The maximum Gasteiger partial charge on any atom is 0.433 e. The molecule has 228 valence electrons. The maximum absolute atomic E-state index is 14.3. The second-order valence-electron chi connectivity index (χ2n) is 11.0. The third kappa shape index (κ3) is 5.76. The van der Waals surface area contributed by atoms with Gasteiger partial charge in [-0.25, -0.2) is 9.50 Å². The number of ether oxygens (including phenoxy) is 1. The third-order valence-electron chi connectivity index (χ3n) is 8.05. The highest BCUT2D eigenvalue weighted by Crippen LogP contribution is 2.37. The standard InChI is InChI=1S/C31H35F3N6O3/c1-19-17-38(26(18-41)22-7-6-8-23(15-22)37(3)4)13-14-39(19)30(42)25-16-35-40-28(31(32,33)34)20(2)27(36-29(25)40)21-9-11-24(43-5)12-10-21/h6-12,15-16,19,26,41H,13-14,17-18H2,1-5H3/t19-,26-/m1/s1. The number of methoxy groups -OCH3 is 1. The molecule has 0 aliphatic carbocycles. The van der Waals surface area contributed by atoms with Crippen LogP contribution in [-0.2, 0) is 6.18 Å². The van der Waals surface area contributed by atoms with Gasteiger partial charge in [0.1, 0.15) is 11.3 Å². The summed E-state index contributed by atoms with van der Waals surface area (Å²) in [5.74, 6) is 0.114. The quantitative estimate of drug-likeness (QED) is 0.332. The summed E-state index contributed by atoms with van der Waals surface area (Å²) in [6.07, 6.45) is -3.57. The first-order valence-electron chi connectivity index (χ1n) is 14.0. The van der Waals surface area contributed by atoms with Crippen LogP contribution in [0.25, 0.3) is 16.9 Å². The molecule has 3 heterocycles. The van der Waals surface area contributed by atoms with E-state index in [1.54, 1.807) is 29.2 Å². The lowest BCUT2D eigenvalue weighted by atomic mass is 10.0. The average molecular weight is 597 g/mol. The lowest BCUT2D eigenvalue weighted by molar-refractivity contribution is -0.143. The predicted octanol–water partition coefficient (Wildman–Crippen LogP) is 4.68. The number of hydrogen-bond acceptors (Lipinski definition) is 7. The molecule has 0 radical (unpaired) electrons. The number of aromatic nitrogens is 3. The van der Waals surface area contributed by atoms with E-state index >= 15 is 0 Å². The minimum absolute atomic E-state index is 0.00189. The molecule has 5 rings (SSSR count). The molecule has 2 aromatic heterocycles. The van der Waals surface area contributed by atoms with Crippen molar-refractivity contribution in [2.45, 2.75) is 32.1 Å². The van der Waals surface area contributed by atoms with Crippen molar-refractivity contribution in [2.75, 3.05) is 52.3 Å². The Bertz CT molecular complexity index is 1620. The first-order valence-corrected chi connectivity index (χ1v) is 14.0. The number of rotatable bonds is 7. The van der Waals surface area contributed by atoms with Crippen LogP contribution < -0.4 is 9.64 Å². The molecule has 0 saturated carbocycles. The van der Waals surface area contributed by atoms with Gasteiger partial charge >= 0.3 is 6.18 Å². The fraction of sp³-hybridized carbons (Fsp3) is 0.387. The lowest BCUT2D eigenvalue weighted by Gasteiger charge is -2.43. The van der Waals surface area contributed by atoms with Gasteiger partial charge in [-0.3, -0.25) is 9.69 Å². The van der Waals surface area contributed by atoms with Crippen LogP contribution in [0.1, 0.15) is 40.1 Å². The van der Waals surface area contributed by atoms with E-state index in [1.807, 2.05) is 50.2 Å². The van der Waals surface area contributed by atoms with E-state index in [2.05, 4.69) is 15.0 Å². The smallest absolute Gasteiger partial charge is 0.433 e. The summed E-state index contributed by atoms with van der Waals surface area (Å²) < 4.78 is 48.9. The number of aliphatic hydroxyl groups is 1. The molecular formula is C31H35F3N6O3. The molecule has 2 aromatic carbocycles. The van der Waals surface area contributed by atoms with Crippen LogP contribution in [0.4, 0.5) is 18.9 Å². The molecule has 1 N–H and O–H groups in total. The molecule has 9 nitrogen and oxygen atoms in total. The van der Waals surface area contributed by atoms with Gasteiger partial charge in [-0.05, 0) is 55.8 Å². The van der Waals surface area contributed by atoms with E-state index in [4.69, 9.17) is 4.74 Å². The van der Waals surface area contributed by atoms with Crippen molar-refractivity contribution in [3.8, 4) is 17.0 Å². The normalized spacial score (nSPS) is 16.9. The van der Waals surface area contributed by atoms with Gasteiger partial charge in [0.05, 0.1) is 31.6 Å². The van der Waals surface area contributed by atoms with Crippen molar-refractivity contribution >= 4 is 17.2 Å². The molecule has 1 fully saturated rings. The largest absolute Gasteiger partial charge is 0.497 e. The Morgan fingerprint density at radius 3 is 2.49 bits per heavy atom. The van der Waals surface area contributed by atoms with Gasteiger partial charge in [-0.2, -0.15) is 18.3 Å². The fourth-order valence-electron chi connectivity index (χ4n) is 5.75. The second-order valence-corrected chi connectivity index (χ2v) is 11.0. The van der Waals surface area contributed by atoms with Crippen LogP contribution in [0.15, 0.2) is 54.7 Å². The molecule has 0 unspecified atom stereocenters. The van der Waals surface area contributed by atoms with Gasteiger partial charge in [-0.15, -0.1) is 0 Å². The van der Waals surface area contributed by atoms with Crippen LogP contribution in [0.5, 0.6) is 5.75 Å². The van der Waals surface area contributed by atoms with Crippen LogP contribution in [0, 0.1) is 6.92 Å². The molecule has 43 heavy (non-hydrogen) atoms. The van der Waals surface area contributed by atoms with Gasteiger partial charge in [0.2, 0.25) is 0 Å². The Morgan fingerprint density at radius 2 is 1.88 bits per heavy atom. The molecule has 1 aliphatic rings. The van der Waals surface area contributed by atoms with Crippen LogP contribution >= 0.6 is 0 Å². The topological polar surface area (TPSA) is 86.4 Å². The van der Waals surface area contributed by atoms with E-state index in [0.717, 1.165) is 15.8 Å². The van der Waals surface area contributed by atoms with E-state index in [0.29, 0.717) is 30.9 Å². The van der Waals surface area contributed by atoms with E-state index in [-0.39, 0.29) is 41.2 Å². The summed E-state index contributed by atoms with van der Waals surface area (Å²) in [4.78, 5) is 24.2. The van der Waals surface area contributed by atoms with Crippen molar-refractivity contribution in [2.24, 2.45) is 0 Å². The summed E-state index contributed by atoms with van der Waals surface area (Å²) >= 11 is 0. The Balaban J connectivity index is 1.46. The molecule has 12 heteroatoms. The van der Waals surface area contributed by atoms with Crippen molar-refractivity contribution in [1.29, 1.82) is 0 Å². The van der Waals surface area contributed by atoms with E-state index in [1.165, 1.54) is 20.2 Å². The summed E-state index contributed by atoms with van der Waals surface area (Å²) in [5.41, 5.74) is 1.32. The number of alkyl halides is 3. The highest BCUT2D eigenvalue weighted by molar-refractivity contribution is 6.00. The monoisotopic (exact) mass is 596 g/mol. The molecule has 0 bridgehead atoms. The average Bonchev–Trinajstić information content (AvgIpc) is 3.39. The van der Waals surface area contributed by atoms with Crippen molar-refractivity contribution < 1.29 is 27.8 Å². The highest BCUT2D eigenvalue weighted by Gasteiger charge is 2.39. The maximum atomic E-state index is 14.3. The molecule has 1 amide bonds. The molecule has 4 aromatic rings. The SMILES string of the molecule is COc1ccc(-c2nc3c(C(=O)N4CCN([C@H](CO)c5cccc(N(C)C)c5)C[C@H]4C)cnn3c(C(F)(F)F)c2C)cc1. The minimum atomic E-state index is -4.74. The first kappa shape index (κ1) is 30.3. The first-order chi connectivity index (χ1) is 20.4. The van der Waals surface area contributed by atoms with Gasteiger partial charge < -0.3 is 19.6 Å². The van der Waals surface area contributed by atoms with Gasteiger partial charge in [0, 0.05) is 56.6 Å². The van der Waals surface area contributed by atoms with Crippen LogP contribution in [-0.4, -0.2) is 88.9 Å². The highest BCUT2D eigenvalue weighted by atomic mass is 19.4. The zero-order valence-electron chi connectivity index (χ0n) is 24.8. The van der Waals surface area contributed by atoms with Gasteiger partial charge in [0.15, 0.2) is 11.3 Å². The zero-order chi connectivity index (χ0) is 31.1. The van der Waals surface area contributed by atoms with Crippen LogP contribution in [0.2, 0.25) is 0 Å². The Kier molecular flexibility index (Phi) is 8.35. The summed E-state index contributed by atoms with van der Waals surface area (Å²) in [5, 5.41) is 14.3. The Hall–Kier alpha value is -4.16. The number of benzene rings is 2. The molecular weight excluding hydrogens is 561 g/mol. The minimum Gasteiger partial charge on any atom is -0.497 e. The van der Waals surface area contributed by atoms with E-state index < -0.39 is 17.8 Å². The van der Waals surface area contributed by atoms with Crippen molar-refractivity contribution in [1.82, 2.24) is 24.4 Å². The molecule has 1 saturated heterocycles. The number of piperazine rings is 1. The third-order valence-corrected chi connectivity index (χ3v) is 8.05. The zero-order valence-corrected chi connectivity index (χ0v) is 24.8. The number of nitrogens with zero attached hydrogens (tertiary/aromatic N) is 6. The molecule has 2 atom stereocenters. The Morgan fingerprint density at radius 1 is 1.16 bits per heavy atom. The number of anilines is 1. The number of carbonyl (C=O) groups excluding carboxylic acids is 1. The van der Waals surface area contributed by atoms with Crippen LogP contribution in [0.3, 0.4) is 0 Å². The number of aliphatic hydroxyl groups excluding tert-OH is 1. The molecule has 0 spiro atoms. The summed E-state index contributed by atoms with van der Waals surface area (Å²) in [7, 11) is 5.41. The predicted molar refractivity (Wildman–Crippen MR) is 157 cm³/mol. The summed E-state index contributed by atoms with van der Waals surface area (Å²) in [6, 6.07) is 14.0. The van der Waals surface area contributed by atoms with Crippen molar-refractivity contribution in [3.63, 3.8) is 0 Å². The molecule has 1 aliphatic heterocycles. The number of amides is 1. The lowest BCUT2D eigenvalue weighted by Crippen LogP contribution is -2.55. The van der Waals surface area contributed by atoms with Crippen molar-refractivity contribution in [3.05, 3.63) is 77.1 Å². The summed E-state index contributed by atoms with van der Waals surface area (Å²) in [6.45, 7) is 4.42. The second kappa shape index (κ2) is 11.8.